The smallest absolute Gasteiger partial charge is 0.119 e. The molecule has 23 heavy (non-hydrogen) atoms. The Hall–Kier alpha value is -2.27. The quantitative estimate of drug-likeness (QED) is 0.889. The van der Waals surface area contributed by atoms with E-state index in [1.807, 2.05) is 43.6 Å². The lowest BCUT2D eigenvalue weighted by molar-refractivity contribution is 0.226. The van der Waals surface area contributed by atoms with Crippen molar-refractivity contribution < 1.29 is 4.74 Å². The third-order valence-electron chi connectivity index (χ3n) is 4.46. The van der Waals surface area contributed by atoms with Gasteiger partial charge in [0.15, 0.2) is 0 Å². The highest BCUT2D eigenvalue weighted by molar-refractivity contribution is 5.64. The summed E-state index contributed by atoms with van der Waals surface area (Å²) in [5.41, 5.74) is 3.24. The summed E-state index contributed by atoms with van der Waals surface area (Å²) >= 11 is 0. The van der Waals surface area contributed by atoms with Crippen molar-refractivity contribution >= 4 is 17.1 Å². The number of hydrogen-bond acceptors (Lipinski definition) is 5. The fourth-order valence-electron chi connectivity index (χ4n) is 3.36. The first-order valence-corrected chi connectivity index (χ1v) is 8.26. The van der Waals surface area contributed by atoms with Gasteiger partial charge in [0.05, 0.1) is 30.4 Å². The van der Waals surface area contributed by atoms with Crippen molar-refractivity contribution in [1.82, 2.24) is 10.3 Å². The molecule has 3 aliphatic heterocycles. The standard InChI is InChI=1S/C18H22N4O/c1-2-23-18-5-3-13(4-6-18)20-14-8-17(10-19-9-14)22-11-15-7-16(12-22)21-15/h3-6,8-10,15-16,20-21H,2,7,11-12H2,1H3. The van der Waals surface area contributed by atoms with Crippen molar-refractivity contribution in [3.05, 3.63) is 42.7 Å². The summed E-state index contributed by atoms with van der Waals surface area (Å²) in [5, 5.41) is 6.97. The van der Waals surface area contributed by atoms with Crippen LogP contribution in [0.25, 0.3) is 0 Å². The van der Waals surface area contributed by atoms with Crippen molar-refractivity contribution in [2.24, 2.45) is 0 Å². The first-order chi connectivity index (χ1) is 11.3. The zero-order chi connectivity index (χ0) is 15.6. The topological polar surface area (TPSA) is 49.4 Å². The molecule has 1 aromatic heterocycles. The van der Waals surface area contributed by atoms with E-state index in [4.69, 9.17) is 4.74 Å². The van der Waals surface area contributed by atoms with Crippen LogP contribution < -0.4 is 20.3 Å². The van der Waals surface area contributed by atoms with E-state index in [0.29, 0.717) is 18.7 Å². The Bertz CT molecular complexity index is 657. The van der Waals surface area contributed by atoms with Crippen LogP contribution in [0.5, 0.6) is 5.75 Å². The molecule has 2 aromatic rings. The highest BCUT2D eigenvalue weighted by atomic mass is 16.5. The lowest BCUT2D eigenvalue weighted by Gasteiger charge is -2.49. The van der Waals surface area contributed by atoms with Crippen molar-refractivity contribution in [2.45, 2.75) is 25.4 Å². The van der Waals surface area contributed by atoms with Crippen LogP contribution in [0.4, 0.5) is 17.1 Å². The minimum atomic E-state index is 0.650. The maximum atomic E-state index is 5.47. The van der Waals surface area contributed by atoms with Gasteiger partial charge in [-0.3, -0.25) is 4.98 Å². The summed E-state index contributed by atoms with van der Waals surface area (Å²) in [5.74, 6) is 0.893. The molecular formula is C18H22N4O. The number of ether oxygens (including phenoxy) is 1. The minimum absolute atomic E-state index is 0.650. The minimum Gasteiger partial charge on any atom is -0.494 e. The van der Waals surface area contributed by atoms with E-state index >= 15 is 0 Å². The lowest BCUT2D eigenvalue weighted by atomic mass is 9.91. The van der Waals surface area contributed by atoms with E-state index in [0.717, 1.165) is 30.2 Å². The molecule has 2 unspecified atom stereocenters. The molecule has 2 atom stereocenters. The number of hydrogen-bond donors (Lipinski definition) is 2. The van der Waals surface area contributed by atoms with E-state index in [1.54, 1.807) is 0 Å². The van der Waals surface area contributed by atoms with Gasteiger partial charge in [0.25, 0.3) is 0 Å². The van der Waals surface area contributed by atoms with Crippen molar-refractivity contribution in [3.8, 4) is 5.75 Å². The van der Waals surface area contributed by atoms with Gasteiger partial charge in [0.2, 0.25) is 0 Å². The van der Waals surface area contributed by atoms with E-state index in [-0.39, 0.29) is 0 Å². The van der Waals surface area contributed by atoms with Gasteiger partial charge in [-0.25, -0.2) is 0 Å². The van der Waals surface area contributed by atoms with E-state index in [1.165, 1.54) is 12.1 Å². The van der Waals surface area contributed by atoms with Crippen LogP contribution in [0.15, 0.2) is 42.7 Å². The van der Waals surface area contributed by atoms with Crippen LogP contribution in [-0.4, -0.2) is 36.8 Å². The summed E-state index contributed by atoms with van der Waals surface area (Å²) in [6.45, 7) is 4.82. The summed E-state index contributed by atoms with van der Waals surface area (Å²) in [6.07, 6.45) is 5.13. The monoisotopic (exact) mass is 310 g/mol. The van der Waals surface area contributed by atoms with Gasteiger partial charge < -0.3 is 20.3 Å². The highest BCUT2D eigenvalue weighted by Crippen LogP contribution is 2.28. The third kappa shape index (κ3) is 3.10. The Labute approximate surface area is 136 Å². The van der Waals surface area contributed by atoms with Crippen molar-refractivity contribution in [1.29, 1.82) is 0 Å². The third-order valence-corrected chi connectivity index (χ3v) is 4.46. The molecule has 4 heterocycles. The molecule has 0 spiro atoms. The number of rotatable bonds is 5. The highest BCUT2D eigenvalue weighted by Gasteiger charge is 2.36. The number of nitrogens with one attached hydrogen (secondary N) is 2. The van der Waals surface area contributed by atoms with Gasteiger partial charge in [-0.05, 0) is 43.7 Å². The fourth-order valence-corrected chi connectivity index (χ4v) is 3.36. The number of aromatic nitrogens is 1. The molecule has 0 amide bonds. The van der Waals surface area contributed by atoms with E-state index in [2.05, 4.69) is 26.6 Å². The second-order valence-corrected chi connectivity index (χ2v) is 6.22. The molecule has 3 aliphatic rings. The number of pyridine rings is 1. The van der Waals surface area contributed by atoms with Crippen LogP contribution in [0.2, 0.25) is 0 Å². The van der Waals surface area contributed by atoms with Crippen LogP contribution in [0, 0.1) is 0 Å². The van der Waals surface area contributed by atoms with E-state index in [9.17, 15) is 0 Å². The maximum Gasteiger partial charge on any atom is 0.119 e. The summed E-state index contributed by atoms with van der Waals surface area (Å²) in [6, 6.07) is 11.5. The molecule has 0 aliphatic carbocycles. The molecule has 3 saturated heterocycles. The molecule has 0 saturated carbocycles. The predicted molar refractivity (Wildman–Crippen MR) is 92.7 cm³/mol. The first-order valence-electron chi connectivity index (χ1n) is 8.26. The van der Waals surface area contributed by atoms with Gasteiger partial charge >= 0.3 is 0 Å². The number of piperazine rings is 1. The van der Waals surface area contributed by atoms with Gasteiger partial charge in [-0.1, -0.05) is 0 Å². The maximum absolute atomic E-state index is 5.47. The Morgan fingerprint density at radius 3 is 2.61 bits per heavy atom. The van der Waals surface area contributed by atoms with Crippen molar-refractivity contribution in [2.75, 3.05) is 29.9 Å². The number of fused-ring (bicyclic) bond motifs is 2. The molecule has 0 radical (unpaired) electrons. The first kappa shape index (κ1) is 14.3. The summed E-state index contributed by atoms with van der Waals surface area (Å²) < 4.78 is 5.47. The van der Waals surface area contributed by atoms with Gasteiger partial charge in [-0.15, -0.1) is 0 Å². The average Bonchev–Trinajstić information content (AvgIpc) is 2.57. The number of anilines is 3. The van der Waals surface area contributed by atoms with Crippen LogP contribution in [0.1, 0.15) is 13.3 Å². The van der Waals surface area contributed by atoms with Gasteiger partial charge in [0.1, 0.15) is 5.75 Å². The Morgan fingerprint density at radius 1 is 1.17 bits per heavy atom. The summed E-state index contributed by atoms with van der Waals surface area (Å²) in [7, 11) is 0. The fraction of sp³-hybridized carbons (Fsp3) is 0.389. The molecule has 5 rings (SSSR count). The second-order valence-electron chi connectivity index (χ2n) is 6.22. The van der Waals surface area contributed by atoms with E-state index < -0.39 is 0 Å². The number of nitrogens with zero attached hydrogens (tertiary/aromatic N) is 2. The molecule has 2 N–H and O–H groups in total. The Balaban J connectivity index is 1.45. The molecule has 3 fully saturated rings. The Morgan fingerprint density at radius 2 is 1.91 bits per heavy atom. The van der Waals surface area contributed by atoms with Crippen LogP contribution in [-0.2, 0) is 0 Å². The molecule has 1 aromatic carbocycles. The predicted octanol–water partition coefficient (Wildman–Crippen LogP) is 2.77. The van der Waals surface area contributed by atoms with Gasteiger partial charge in [0, 0.05) is 30.9 Å². The largest absolute Gasteiger partial charge is 0.494 e. The van der Waals surface area contributed by atoms with Crippen molar-refractivity contribution in [3.63, 3.8) is 0 Å². The molecule has 2 bridgehead atoms. The molecule has 5 heteroatoms. The zero-order valence-electron chi connectivity index (χ0n) is 13.3. The Kier molecular flexibility index (Phi) is 3.79. The lowest BCUT2D eigenvalue weighted by Crippen LogP contribution is -2.67. The van der Waals surface area contributed by atoms with Crippen LogP contribution >= 0.6 is 0 Å². The average molecular weight is 310 g/mol. The second kappa shape index (κ2) is 6.08. The SMILES string of the molecule is CCOc1ccc(Nc2cncc(N3CC4CC(C3)N4)c2)cc1. The molecule has 5 nitrogen and oxygen atoms in total. The molecule has 120 valence electrons. The summed E-state index contributed by atoms with van der Waals surface area (Å²) in [4.78, 5) is 6.82. The number of piperidine rings is 1. The van der Waals surface area contributed by atoms with Gasteiger partial charge in [-0.2, -0.15) is 0 Å². The molecular weight excluding hydrogens is 288 g/mol. The zero-order valence-corrected chi connectivity index (χ0v) is 13.3. The normalized spacial score (nSPS) is 22.4. The number of benzene rings is 1. The van der Waals surface area contributed by atoms with Crippen LogP contribution in [0.3, 0.4) is 0 Å².